The molecule has 4 nitrogen and oxygen atoms in total. The van der Waals surface area contributed by atoms with Gasteiger partial charge in [-0.05, 0) is 90.3 Å². The van der Waals surface area contributed by atoms with Crippen LogP contribution in [0.25, 0.3) is 65.8 Å². The summed E-state index contributed by atoms with van der Waals surface area (Å²) >= 11 is 1.18. The van der Waals surface area contributed by atoms with E-state index in [1.807, 2.05) is 61.8 Å². The molecule has 4 aromatic heterocycles. The van der Waals surface area contributed by atoms with Crippen molar-refractivity contribution in [1.29, 1.82) is 0 Å². The van der Waals surface area contributed by atoms with Crippen LogP contribution >= 0.6 is 11.3 Å². The Morgan fingerprint density at radius 1 is 0.804 bits per heavy atom. The van der Waals surface area contributed by atoms with Gasteiger partial charge >= 0.3 is 0 Å². The predicted molar refractivity (Wildman–Crippen MR) is 210 cm³/mol. The minimum atomic E-state index is -2.26. The van der Waals surface area contributed by atoms with Gasteiger partial charge in [-0.3, -0.25) is 0 Å². The van der Waals surface area contributed by atoms with Crippen molar-refractivity contribution in [2.45, 2.75) is 61.7 Å². The summed E-state index contributed by atoms with van der Waals surface area (Å²) in [7, 11) is 0. The molecule has 4 heterocycles. The first kappa shape index (κ1) is 32.4. The number of benzene rings is 4. The molecular formula is C45H41IrN3OS-2. The minimum Gasteiger partial charge on any atom is -0.498 e. The maximum atomic E-state index is 7.80. The third kappa shape index (κ3) is 7.60. The number of furan rings is 1. The van der Waals surface area contributed by atoms with Gasteiger partial charge in [0.15, 0.2) is 0 Å². The third-order valence-electron chi connectivity index (χ3n) is 8.83. The van der Waals surface area contributed by atoms with Gasteiger partial charge in [0, 0.05) is 42.0 Å². The molecule has 0 aliphatic heterocycles. The maximum Gasteiger partial charge on any atom is 0.148 e. The molecule has 0 spiro atoms. The molecule has 0 bridgehead atoms. The Kier molecular flexibility index (Phi) is 9.30. The summed E-state index contributed by atoms with van der Waals surface area (Å²) in [6.07, 6.45) is 4.77. The van der Waals surface area contributed by atoms with E-state index in [0.29, 0.717) is 16.7 Å². The number of pyridine rings is 2. The zero-order valence-corrected chi connectivity index (χ0v) is 33.1. The van der Waals surface area contributed by atoms with Crippen molar-refractivity contribution in [2.75, 3.05) is 0 Å². The van der Waals surface area contributed by atoms with Crippen LogP contribution < -0.4 is 0 Å². The van der Waals surface area contributed by atoms with Gasteiger partial charge in [0.25, 0.3) is 0 Å². The second-order valence-corrected chi connectivity index (χ2v) is 15.3. The van der Waals surface area contributed by atoms with Crippen LogP contribution in [0.15, 0.2) is 95.7 Å². The van der Waals surface area contributed by atoms with Gasteiger partial charge in [-0.25, -0.2) is 4.98 Å². The maximum absolute atomic E-state index is 7.80. The van der Waals surface area contributed by atoms with Crippen LogP contribution in [0.2, 0.25) is 0 Å². The Morgan fingerprint density at radius 3 is 2.24 bits per heavy atom. The molecule has 259 valence electrons. The quantitative estimate of drug-likeness (QED) is 0.165. The molecular weight excluding hydrogens is 823 g/mol. The number of nitrogens with zero attached hydrogens (tertiary/aromatic N) is 3. The Hall–Kier alpha value is -4.48. The molecule has 4 aromatic carbocycles. The van der Waals surface area contributed by atoms with Crippen LogP contribution in [0.1, 0.15) is 57.7 Å². The van der Waals surface area contributed by atoms with Gasteiger partial charge in [0.05, 0.1) is 15.3 Å². The van der Waals surface area contributed by atoms with Crippen LogP contribution in [-0.4, -0.2) is 15.0 Å². The Bertz CT molecular complexity index is 2540. The number of rotatable bonds is 4. The molecule has 0 saturated heterocycles. The van der Waals surface area contributed by atoms with Crippen molar-refractivity contribution in [1.82, 2.24) is 15.0 Å². The van der Waals surface area contributed by atoms with Crippen molar-refractivity contribution < 1.29 is 28.6 Å². The van der Waals surface area contributed by atoms with E-state index < -0.39 is 6.85 Å². The van der Waals surface area contributed by atoms with E-state index in [0.717, 1.165) is 44.4 Å². The number of hydrogen-bond acceptors (Lipinski definition) is 5. The van der Waals surface area contributed by atoms with E-state index in [1.165, 1.54) is 50.3 Å². The number of aryl methyl sites for hydroxylation is 5. The van der Waals surface area contributed by atoms with Gasteiger partial charge < -0.3 is 14.4 Å². The van der Waals surface area contributed by atoms with Crippen LogP contribution in [0.5, 0.6) is 0 Å². The van der Waals surface area contributed by atoms with Crippen molar-refractivity contribution in [2.24, 2.45) is 5.41 Å². The van der Waals surface area contributed by atoms with Crippen LogP contribution in [-0.2, 0) is 26.5 Å². The largest absolute Gasteiger partial charge is 0.498 e. The molecule has 51 heavy (non-hydrogen) atoms. The summed E-state index contributed by atoms with van der Waals surface area (Å²) in [5.74, 6) is 0. The van der Waals surface area contributed by atoms with E-state index in [-0.39, 0.29) is 30.5 Å². The van der Waals surface area contributed by atoms with Gasteiger partial charge in [0.2, 0.25) is 0 Å². The summed E-state index contributed by atoms with van der Waals surface area (Å²) in [4.78, 5) is 13.7. The Balaban J connectivity index is 0.000000279. The zero-order valence-electron chi connectivity index (χ0n) is 32.9. The molecule has 0 atom stereocenters. The molecule has 0 fully saturated rings. The third-order valence-corrected chi connectivity index (χ3v) is 9.66. The van der Waals surface area contributed by atoms with Crippen LogP contribution in [0.4, 0.5) is 0 Å². The number of aromatic nitrogens is 3. The number of hydrogen-bond donors (Lipinski definition) is 0. The van der Waals surface area contributed by atoms with Gasteiger partial charge in [0.1, 0.15) is 11.1 Å². The van der Waals surface area contributed by atoms with Gasteiger partial charge in [-0.1, -0.05) is 81.1 Å². The minimum absolute atomic E-state index is 0. The van der Waals surface area contributed by atoms with Crippen LogP contribution in [0.3, 0.4) is 0 Å². The Labute approximate surface area is 322 Å². The molecule has 6 heteroatoms. The molecule has 8 aromatic rings. The topological polar surface area (TPSA) is 51.8 Å². The second-order valence-electron chi connectivity index (χ2n) is 14.2. The van der Waals surface area contributed by atoms with Crippen molar-refractivity contribution in [3.8, 4) is 33.6 Å². The summed E-state index contributed by atoms with van der Waals surface area (Å²) in [5.41, 5.74) is 14.0. The van der Waals surface area contributed by atoms with Crippen molar-refractivity contribution in [3.63, 3.8) is 0 Å². The average molecular weight is 867 g/mol. The van der Waals surface area contributed by atoms with Crippen molar-refractivity contribution in [3.05, 3.63) is 136 Å². The number of thiazole rings is 1. The SMILES string of the molecule is Cc1c[c-]c(-c2ccc(C)cn2)cc1.[2H]C([2H])([2H])c1nc2c(ccc3c4cc[c-]c(-c5cc(-c6c(C)cccc6C)c(CC(C)(C)C)cn5)c4oc32)s1.[Ir]. The molecule has 0 amide bonds. The second kappa shape index (κ2) is 14.6. The van der Waals surface area contributed by atoms with E-state index in [4.69, 9.17) is 13.5 Å². The zero-order chi connectivity index (χ0) is 37.7. The van der Waals surface area contributed by atoms with E-state index in [2.05, 4.69) is 100 Å². The Morgan fingerprint density at radius 2 is 1.55 bits per heavy atom. The average Bonchev–Trinajstić information content (AvgIpc) is 3.72. The van der Waals surface area contributed by atoms with Crippen LogP contribution in [0, 0.1) is 52.1 Å². The first-order chi connectivity index (χ1) is 25.2. The monoisotopic (exact) mass is 867 g/mol. The molecule has 0 aliphatic carbocycles. The van der Waals surface area contributed by atoms with E-state index in [1.54, 1.807) is 0 Å². The first-order valence-corrected chi connectivity index (χ1v) is 17.6. The van der Waals surface area contributed by atoms with Crippen molar-refractivity contribution >= 4 is 43.5 Å². The van der Waals surface area contributed by atoms with Gasteiger partial charge in [-0.2, -0.15) is 0 Å². The van der Waals surface area contributed by atoms with Gasteiger partial charge in [-0.15, -0.1) is 64.9 Å². The smallest absolute Gasteiger partial charge is 0.148 e. The van der Waals surface area contributed by atoms with E-state index >= 15 is 0 Å². The normalized spacial score (nSPS) is 12.6. The summed E-state index contributed by atoms with van der Waals surface area (Å²) in [5, 5.41) is 1.94. The van der Waals surface area contributed by atoms with E-state index in [9.17, 15) is 0 Å². The fourth-order valence-corrected chi connectivity index (χ4v) is 7.19. The summed E-state index contributed by atoms with van der Waals surface area (Å²) < 4.78 is 30.7. The number of fused-ring (bicyclic) bond motifs is 5. The standard InChI is InChI=1S/C32H29N2OS.C13H12N.Ir/c1-18-9-7-10-19(2)28(18)25-15-26(33-17-21(25)16-32(4,5)6)24-12-8-11-22-23-13-14-27-29(34-20(3)36-27)31(23)35-30(22)24;1-10-3-6-12(7-4-10)13-8-5-11(2)9-14-13;/h7-11,13-15,17H,16H2,1-6H3;3-6,8-9H,1-2H3;/q2*-1;/i3D3;;. The predicted octanol–water partition coefficient (Wildman–Crippen LogP) is 12.4. The molecule has 0 unspecified atom stereocenters. The first-order valence-electron chi connectivity index (χ1n) is 18.3. The fourth-order valence-electron chi connectivity index (χ4n) is 6.47. The molecule has 0 saturated carbocycles. The molecule has 8 rings (SSSR count). The molecule has 0 aliphatic rings. The summed E-state index contributed by atoms with van der Waals surface area (Å²) in [6, 6.07) is 33.1. The summed E-state index contributed by atoms with van der Waals surface area (Å²) in [6.45, 7) is 12.9. The fraction of sp³-hybridized carbons (Fsp3) is 0.222. The molecule has 0 N–H and O–H groups in total. The molecule has 1 radical (unpaired) electrons.